The second-order valence-corrected chi connectivity index (χ2v) is 4.77. The molecule has 0 atom stereocenters. The molecule has 4 heteroatoms. The van der Waals surface area contributed by atoms with Crippen molar-refractivity contribution >= 4 is 11.9 Å². The first-order valence-electron chi connectivity index (χ1n) is 6.72. The zero-order chi connectivity index (χ0) is 14.8. The van der Waals surface area contributed by atoms with Gasteiger partial charge in [0.2, 0.25) is 0 Å². The maximum Gasteiger partial charge on any atom is 0.335 e. The summed E-state index contributed by atoms with van der Waals surface area (Å²) in [5.41, 5.74) is 1.18. The highest BCUT2D eigenvalue weighted by Gasteiger charge is 2.15. The molecule has 0 amide bonds. The lowest BCUT2D eigenvalue weighted by atomic mass is 9.98. The van der Waals surface area contributed by atoms with E-state index >= 15 is 0 Å². The summed E-state index contributed by atoms with van der Waals surface area (Å²) in [4.78, 5) is 21.9. The molecule has 0 aromatic carbocycles. The highest BCUT2D eigenvalue weighted by molar-refractivity contribution is 5.93. The van der Waals surface area contributed by atoms with E-state index < -0.39 is 11.9 Å². The largest absolute Gasteiger partial charge is 0.481 e. The Morgan fingerprint density at radius 2 is 1.68 bits per heavy atom. The Labute approximate surface area is 114 Å². The van der Waals surface area contributed by atoms with Crippen LogP contribution in [0.25, 0.3) is 0 Å². The van der Waals surface area contributed by atoms with Crippen LogP contribution in [0.1, 0.15) is 59.3 Å². The summed E-state index contributed by atoms with van der Waals surface area (Å²) in [5.74, 6) is -2.06. The minimum absolute atomic E-state index is 0.137. The van der Waals surface area contributed by atoms with Crippen molar-refractivity contribution in [1.29, 1.82) is 0 Å². The van der Waals surface area contributed by atoms with E-state index in [2.05, 4.69) is 6.92 Å². The van der Waals surface area contributed by atoms with E-state index in [9.17, 15) is 14.7 Å². The summed E-state index contributed by atoms with van der Waals surface area (Å²) in [6.45, 7) is 5.43. The Kier molecular flexibility index (Phi) is 8.58. The first-order chi connectivity index (χ1) is 8.90. The van der Waals surface area contributed by atoms with Gasteiger partial charge in [-0.1, -0.05) is 32.3 Å². The van der Waals surface area contributed by atoms with Gasteiger partial charge in [0.1, 0.15) is 0 Å². The number of allylic oxidation sites excluding steroid dienone is 1. The van der Waals surface area contributed by atoms with Crippen molar-refractivity contribution in [2.75, 3.05) is 0 Å². The van der Waals surface area contributed by atoms with Crippen molar-refractivity contribution in [3.05, 3.63) is 22.8 Å². The molecular weight excluding hydrogens is 244 g/mol. The number of carboxylic acids is 2. The van der Waals surface area contributed by atoms with E-state index in [0.29, 0.717) is 11.1 Å². The third kappa shape index (κ3) is 7.44. The second kappa shape index (κ2) is 9.36. The summed E-state index contributed by atoms with van der Waals surface area (Å²) in [6, 6.07) is 0. The van der Waals surface area contributed by atoms with Crippen LogP contribution in [-0.2, 0) is 9.59 Å². The molecule has 0 aliphatic carbocycles. The van der Waals surface area contributed by atoms with Crippen LogP contribution >= 0.6 is 0 Å². The summed E-state index contributed by atoms with van der Waals surface area (Å²) in [5, 5.41) is 17.9. The van der Waals surface area contributed by atoms with Crippen molar-refractivity contribution in [1.82, 2.24) is 0 Å². The lowest BCUT2D eigenvalue weighted by Crippen LogP contribution is -2.07. The van der Waals surface area contributed by atoms with Crippen molar-refractivity contribution in [3.8, 4) is 0 Å². The normalized spacial score (nSPS) is 13.1. The predicted molar refractivity (Wildman–Crippen MR) is 75.1 cm³/mol. The number of hydrogen-bond donors (Lipinski definition) is 2. The SMILES string of the molecule is CCCCCC/C=C(C)/C(C(=O)O)=C(\C)CC(=O)O. The monoisotopic (exact) mass is 268 g/mol. The van der Waals surface area contributed by atoms with Gasteiger partial charge in [-0.3, -0.25) is 4.79 Å². The molecule has 0 aliphatic rings. The third-order valence-electron chi connectivity index (χ3n) is 2.96. The van der Waals surface area contributed by atoms with Gasteiger partial charge in [0.25, 0.3) is 0 Å². The van der Waals surface area contributed by atoms with Gasteiger partial charge >= 0.3 is 11.9 Å². The minimum atomic E-state index is -1.05. The van der Waals surface area contributed by atoms with Crippen molar-refractivity contribution in [2.24, 2.45) is 0 Å². The molecule has 0 heterocycles. The van der Waals surface area contributed by atoms with Gasteiger partial charge in [-0.15, -0.1) is 0 Å². The number of carboxylic acid groups (broad SMARTS) is 2. The number of aliphatic carboxylic acids is 2. The quantitative estimate of drug-likeness (QED) is 0.379. The summed E-state index contributed by atoms with van der Waals surface area (Å²) < 4.78 is 0. The number of hydrogen-bond acceptors (Lipinski definition) is 2. The van der Waals surface area contributed by atoms with Gasteiger partial charge in [-0.2, -0.15) is 0 Å². The van der Waals surface area contributed by atoms with Crippen LogP contribution < -0.4 is 0 Å². The van der Waals surface area contributed by atoms with Gasteiger partial charge in [0, 0.05) is 0 Å². The number of unbranched alkanes of at least 4 members (excludes halogenated alkanes) is 4. The molecule has 19 heavy (non-hydrogen) atoms. The summed E-state index contributed by atoms with van der Waals surface area (Å²) >= 11 is 0. The van der Waals surface area contributed by atoms with Crippen molar-refractivity contribution in [2.45, 2.75) is 59.3 Å². The highest BCUT2D eigenvalue weighted by Crippen LogP contribution is 2.19. The fourth-order valence-corrected chi connectivity index (χ4v) is 1.99. The second-order valence-electron chi connectivity index (χ2n) is 4.77. The fraction of sp³-hybridized carbons (Fsp3) is 0.600. The molecule has 108 valence electrons. The Hall–Kier alpha value is -1.58. The van der Waals surface area contributed by atoms with Crippen molar-refractivity contribution in [3.63, 3.8) is 0 Å². The van der Waals surface area contributed by atoms with Gasteiger partial charge in [0.15, 0.2) is 0 Å². The molecule has 0 bridgehead atoms. The predicted octanol–water partition coefficient (Wildman–Crippen LogP) is 3.78. The van der Waals surface area contributed by atoms with Gasteiger partial charge in [0.05, 0.1) is 12.0 Å². The maximum absolute atomic E-state index is 11.2. The average Bonchev–Trinajstić information content (AvgIpc) is 2.27. The lowest BCUT2D eigenvalue weighted by Gasteiger charge is -2.07. The number of rotatable bonds is 9. The molecule has 0 aliphatic heterocycles. The van der Waals surface area contributed by atoms with Gasteiger partial charge < -0.3 is 10.2 Å². The third-order valence-corrected chi connectivity index (χ3v) is 2.96. The van der Waals surface area contributed by atoms with Crippen LogP contribution in [0, 0.1) is 0 Å². The molecule has 2 N–H and O–H groups in total. The Morgan fingerprint density at radius 1 is 1.05 bits per heavy atom. The molecule has 0 saturated heterocycles. The van der Waals surface area contributed by atoms with Crippen LogP contribution in [-0.4, -0.2) is 22.2 Å². The van der Waals surface area contributed by atoms with Crippen LogP contribution in [0.4, 0.5) is 0 Å². The van der Waals surface area contributed by atoms with E-state index in [4.69, 9.17) is 5.11 Å². The molecule has 0 fully saturated rings. The zero-order valence-electron chi connectivity index (χ0n) is 12.0. The van der Waals surface area contributed by atoms with Crippen LogP contribution in [0.5, 0.6) is 0 Å². The molecule has 4 nitrogen and oxygen atoms in total. The topological polar surface area (TPSA) is 74.6 Å². The Bertz CT molecular complexity index is 378. The maximum atomic E-state index is 11.2. The van der Waals surface area contributed by atoms with Gasteiger partial charge in [-0.25, -0.2) is 4.79 Å². The van der Waals surface area contributed by atoms with Gasteiger partial charge in [-0.05, 0) is 37.8 Å². The first-order valence-corrected chi connectivity index (χ1v) is 6.72. The lowest BCUT2D eigenvalue weighted by molar-refractivity contribution is -0.136. The molecule has 0 saturated carbocycles. The van der Waals surface area contributed by atoms with Crippen molar-refractivity contribution < 1.29 is 19.8 Å². The molecule has 0 spiro atoms. The van der Waals surface area contributed by atoms with Crippen LogP contribution in [0.3, 0.4) is 0 Å². The molecular formula is C15H24O4. The van der Waals surface area contributed by atoms with E-state index in [0.717, 1.165) is 19.3 Å². The fourth-order valence-electron chi connectivity index (χ4n) is 1.99. The average molecular weight is 268 g/mol. The molecule has 0 radical (unpaired) electrons. The smallest absolute Gasteiger partial charge is 0.335 e. The standard InChI is InChI=1S/C15H24O4/c1-4-5-6-7-8-9-11(2)14(15(18)19)12(3)10-13(16)17/h9H,4-8,10H2,1-3H3,(H,16,17)(H,18,19)/b11-9+,14-12-. The van der Waals surface area contributed by atoms with Crippen LogP contribution in [0.2, 0.25) is 0 Å². The Morgan fingerprint density at radius 3 is 2.16 bits per heavy atom. The Balaban J connectivity index is 4.75. The van der Waals surface area contributed by atoms with E-state index in [-0.39, 0.29) is 12.0 Å². The number of carbonyl (C=O) groups is 2. The van der Waals surface area contributed by atoms with Crippen LogP contribution in [0.15, 0.2) is 22.8 Å². The molecule has 0 aromatic heterocycles. The van der Waals surface area contributed by atoms with E-state index in [1.807, 2.05) is 6.08 Å². The molecule has 0 unspecified atom stereocenters. The molecule has 0 aromatic rings. The summed E-state index contributed by atoms with van der Waals surface area (Å²) in [7, 11) is 0. The summed E-state index contributed by atoms with van der Waals surface area (Å²) in [6.07, 6.45) is 7.03. The first kappa shape index (κ1) is 17.4. The van der Waals surface area contributed by atoms with E-state index in [1.54, 1.807) is 13.8 Å². The highest BCUT2D eigenvalue weighted by atomic mass is 16.4. The minimum Gasteiger partial charge on any atom is -0.481 e. The zero-order valence-corrected chi connectivity index (χ0v) is 12.0. The van der Waals surface area contributed by atoms with E-state index in [1.165, 1.54) is 12.8 Å². The molecule has 0 rings (SSSR count).